The molecule has 0 saturated heterocycles. The van der Waals surface area contributed by atoms with E-state index in [2.05, 4.69) is 33.3 Å². The van der Waals surface area contributed by atoms with E-state index in [1.807, 2.05) is 37.3 Å². The van der Waals surface area contributed by atoms with Gasteiger partial charge in [-0.05, 0) is 43.2 Å². The number of nitrogens with zero attached hydrogens (tertiary/aromatic N) is 2. The normalized spacial score (nSPS) is 11.0. The number of nitrogens with one attached hydrogen (secondary N) is 1. The summed E-state index contributed by atoms with van der Waals surface area (Å²) < 4.78 is 2.41. The van der Waals surface area contributed by atoms with Gasteiger partial charge < -0.3 is 5.32 Å². The average Bonchev–Trinajstić information content (AvgIpc) is 2.69. The van der Waals surface area contributed by atoms with Crippen molar-refractivity contribution in [2.75, 3.05) is 5.32 Å². The van der Waals surface area contributed by atoms with Crippen molar-refractivity contribution in [2.24, 2.45) is 0 Å². The molecule has 0 aliphatic carbocycles. The molecule has 0 spiro atoms. The molecule has 0 bridgehead atoms. The maximum atomic E-state index is 13.0. The Labute approximate surface area is 172 Å². The summed E-state index contributed by atoms with van der Waals surface area (Å²) in [6.07, 6.45) is 4.15. The number of amides is 1. The molecule has 0 aliphatic heterocycles. The Bertz CT molecular complexity index is 1060. The highest BCUT2D eigenvalue weighted by molar-refractivity contribution is 9.10. The molecule has 0 fully saturated rings. The Balaban J connectivity index is 1.96. The molecule has 0 unspecified atom stereocenters. The third-order valence-corrected chi connectivity index (χ3v) is 5.61. The van der Waals surface area contributed by atoms with Gasteiger partial charge >= 0.3 is 0 Å². The van der Waals surface area contributed by atoms with Gasteiger partial charge in [-0.2, -0.15) is 5.10 Å². The highest BCUT2D eigenvalue weighted by Gasteiger charge is 2.17. The Morgan fingerprint density at radius 2 is 1.86 bits per heavy atom. The predicted molar refractivity (Wildman–Crippen MR) is 117 cm³/mol. The summed E-state index contributed by atoms with van der Waals surface area (Å²) in [6.45, 7) is 4.62. The first-order valence-corrected chi connectivity index (χ1v) is 10.4. The monoisotopic (exact) mass is 441 g/mol. The maximum absolute atomic E-state index is 13.0. The van der Waals surface area contributed by atoms with Crippen molar-refractivity contribution in [1.29, 1.82) is 0 Å². The number of hydrogen-bond donors (Lipinski definition) is 1. The molecule has 1 aromatic heterocycles. The van der Waals surface area contributed by atoms with E-state index in [1.54, 1.807) is 12.1 Å². The highest BCUT2D eigenvalue weighted by Crippen LogP contribution is 2.21. The maximum Gasteiger partial charge on any atom is 0.276 e. The van der Waals surface area contributed by atoms with Gasteiger partial charge in [0, 0.05) is 22.1 Å². The van der Waals surface area contributed by atoms with Gasteiger partial charge in [-0.15, -0.1) is 0 Å². The number of aryl methyl sites for hydroxylation is 2. The third kappa shape index (κ3) is 4.50. The molecule has 1 N–H and O–H groups in total. The van der Waals surface area contributed by atoms with Gasteiger partial charge in [0.05, 0.1) is 5.39 Å². The van der Waals surface area contributed by atoms with Crippen molar-refractivity contribution in [2.45, 2.75) is 46.1 Å². The topological polar surface area (TPSA) is 64.0 Å². The summed E-state index contributed by atoms with van der Waals surface area (Å²) in [5.74, 6) is -0.319. The molecule has 0 radical (unpaired) electrons. The van der Waals surface area contributed by atoms with Gasteiger partial charge in [0.15, 0.2) is 5.69 Å². The van der Waals surface area contributed by atoms with Crippen LogP contribution in [0.4, 0.5) is 5.69 Å². The largest absolute Gasteiger partial charge is 0.321 e. The summed E-state index contributed by atoms with van der Waals surface area (Å²) in [5, 5.41) is 8.41. The second-order valence-electron chi connectivity index (χ2n) is 6.90. The van der Waals surface area contributed by atoms with E-state index in [0.717, 1.165) is 35.7 Å². The van der Waals surface area contributed by atoms with Crippen molar-refractivity contribution in [3.05, 3.63) is 68.5 Å². The molecule has 0 aliphatic rings. The summed E-state index contributed by atoms with van der Waals surface area (Å²) in [4.78, 5) is 25.7. The zero-order chi connectivity index (χ0) is 20.1. The molecular formula is C22H24BrN3O2. The van der Waals surface area contributed by atoms with Crippen LogP contribution in [0.15, 0.2) is 51.7 Å². The van der Waals surface area contributed by atoms with E-state index in [4.69, 9.17) is 0 Å². The average molecular weight is 442 g/mol. The smallest absolute Gasteiger partial charge is 0.276 e. The highest BCUT2D eigenvalue weighted by atomic mass is 79.9. The Kier molecular flexibility index (Phi) is 6.62. The van der Waals surface area contributed by atoms with Crippen LogP contribution in [-0.4, -0.2) is 15.7 Å². The standard InChI is InChI=1S/C22H24BrN3O2/c1-3-4-5-8-13-26-22(28)18-10-7-6-9-17(18)20(25-26)21(27)24-16-11-12-19(23)15(2)14-16/h6-7,9-12,14H,3-5,8,13H2,1-2H3,(H,24,27). The van der Waals surface area contributed by atoms with Crippen molar-refractivity contribution in [1.82, 2.24) is 9.78 Å². The predicted octanol–water partition coefficient (Wildman–Crippen LogP) is 5.30. The van der Waals surface area contributed by atoms with Crippen LogP contribution < -0.4 is 10.9 Å². The summed E-state index contributed by atoms with van der Waals surface area (Å²) >= 11 is 3.46. The van der Waals surface area contributed by atoms with Crippen LogP contribution in [0.25, 0.3) is 10.8 Å². The molecule has 6 heteroatoms. The minimum absolute atomic E-state index is 0.150. The molecule has 2 aromatic carbocycles. The molecule has 1 amide bonds. The van der Waals surface area contributed by atoms with Gasteiger partial charge in [0.2, 0.25) is 0 Å². The first-order chi connectivity index (χ1) is 13.5. The van der Waals surface area contributed by atoms with Crippen LogP contribution >= 0.6 is 15.9 Å². The van der Waals surface area contributed by atoms with Gasteiger partial charge in [-0.3, -0.25) is 9.59 Å². The molecule has 5 nitrogen and oxygen atoms in total. The van der Waals surface area contributed by atoms with Crippen molar-refractivity contribution in [3.63, 3.8) is 0 Å². The van der Waals surface area contributed by atoms with Gasteiger partial charge in [-0.1, -0.05) is 60.3 Å². The lowest BCUT2D eigenvalue weighted by molar-refractivity contribution is 0.102. The lowest BCUT2D eigenvalue weighted by atomic mass is 10.1. The van der Waals surface area contributed by atoms with E-state index < -0.39 is 0 Å². The zero-order valence-corrected chi connectivity index (χ0v) is 17.8. The first-order valence-electron chi connectivity index (χ1n) is 9.58. The second-order valence-corrected chi connectivity index (χ2v) is 7.76. The van der Waals surface area contributed by atoms with Crippen LogP contribution in [0.3, 0.4) is 0 Å². The third-order valence-electron chi connectivity index (χ3n) is 4.72. The number of fused-ring (bicyclic) bond motifs is 1. The summed E-state index contributed by atoms with van der Waals surface area (Å²) in [6, 6.07) is 12.8. The van der Waals surface area contributed by atoms with Gasteiger partial charge in [0.1, 0.15) is 0 Å². The number of carbonyl (C=O) groups is 1. The minimum Gasteiger partial charge on any atom is -0.321 e. The van der Waals surface area contributed by atoms with E-state index in [9.17, 15) is 9.59 Å². The van der Waals surface area contributed by atoms with Crippen molar-refractivity contribution < 1.29 is 4.79 Å². The Morgan fingerprint density at radius 3 is 2.57 bits per heavy atom. The van der Waals surface area contributed by atoms with Crippen molar-refractivity contribution in [3.8, 4) is 0 Å². The molecule has 3 rings (SSSR count). The summed E-state index contributed by atoms with van der Waals surface area (Å²) in [5.41, 5.74) is 1.84. The number of unbranched alkanes of at least 4 members (excludes halogenated alkanes) is 3. The van der Waals surface area contributed by atoms with Crippen molar-refractivity contribution >= 4 is 38.3 Å². The molecule has 0 saturated carbocycles. The molecule has 0 atom stereocenters. The van der Waals surface area contributed by atoms with Crippen LogP contribution in [0.1, 0.15) is 48.7 Å². The van der Waals surface area contributed by atoms with Crippen LogP contribution in [0, 0.1) is 6.92 Å². The zero-order valence-electron chi connectivity index (χ0n) is 16.2. The number of anilines is 1. The minimum atomic E-state index is -0.319. The number of rotatable bonds is 7. The SMILES string of the molecule is CCCCCCn1nc(C(=O)Nc2ccc(Br)c(C)c2)c2ccccc2c1=O. The van der Waals surface area contributed by atoms with Gasteiger partial charge in [-0.25, -0.2) is 4.68 Å². The fraction of sp³-hybridized carbons (Fsp3) is 0.318. The number of carbonyl (C=O) groups excluding carboxylic acids is 1. The van der Waals surface area contributed by atoms with E-state index >= 15 is 0 Å². The number of hydrogen-bond acceptors (Lipinski definition) is 3. The molecule has 28 heavy (non-hydrogen) atoms. The quantitative estimate of drug-likeness (QED) is 0.505. The van der Waals surface area contributed by atoms with Crippen LogP contribution in [0.5, 0.6) is 0 Å². The van der Waals surface area contributed by atoms with Gasteiger partial charge in [0.25, 0.3) is 11.5 Å². The fourth-order valence-electron chi connectivity index (χ4n) is 3.16. The molecule has 3 aromatic rings. The van der Waals surface area contributed by atoms with E-state index in [-0.39, 0.29) is 17.2 Å². The number of aromatic nitrogens is 2. The lowest BCUT2D eigenvalue weighted by Crippen LogP contribution is -2.27. The molecule has 1 heterocycles. The van der Waals surface area contributed by atoms with E-state index in [0.29, 0.717) is 23.0 Å². The first kappa shape index (κ1) is 20.3. The second kappa shape index (κ2) is 9.15. The Morgan fingerprint density at radius 1 is 1.11 bits per heavy atom. The number of benzene rings is 2. The summed E-state index contributed by atoms with van der Waals surface area (Å²) in [7, 11) is 0. The molecular weight excluding hydrogens is 418 g/mol. The number of halogens is 1. The van der Waals surface area contributed by atoms with Crippen LogP contribution in [0.2, 0.25) is 0 Å². The molecule has 146 valence electrons. The van der Waals surface area contributed by atoms with Crippen LogP contribution in [-0.2, 0) is 6.54 Å². The fourth-order valence-corrected chi connectivity index (χ4v) is 3.40. The Hall–Kier alpha value is -2.47. The van der Waals surface area contributed by atoms with E-state index in [1.165, 1.54) is 4.68 Å². The lowest BCUT2D eigenvalue weighted by Gasteiger charge is -2.12.